The zero-order chi connectivity index (χ0) is 94.9. The molecule has 0 radical (unpaired) electrons. The van der Waals surface area contributed by atoms with E-state index in [1.165, 1.54) is 13.8 Å². The Bertz CT molecular complexity index is 3810. The van der Waals surface area contributed by atoms with Gasteiger partial charge in [0.2, 0.25) is 6.29 Å². The summed E-state index contributed by atoms with van der Waals surface area (Å²) in [5.41, 5.74) is -7.51. The molecule has 47 atom stereocenters. The molecular formula is C88H142O41. The monoisotopic (exact) mass is 1850 g/mol. The Balaban J connectivity index is 0.805. The number of aldehydes is 1. The quantitative estimate of drug-likeness (QED) is 0.0106. The van der Waals surface area contributed by atoms with Crippen LogP contribution >= 0.6 is 0 Å². The highest BCUT2D eigenvalue weighted by Crippen LogP contribution is 2.76. The van der Waals surface area contributed by atoms with E-state index in [4.69, 9.17) is 75.8 Å². The Morgan fingerprint density at radius 1 is 0.535 bits per heavy atom. The van der Waals surface area contributed by atoms with Gasteiger partial charge in [-0.15, -0.1) is 0 Å². The molecule has 11 fully saturated rings. The van der Waals surface area contributed by atoms with Crippen LogP contribution in [-0.4, -0.2) is 386 Å². The van der Waals surface area contributed by atoms with Crippen molar-refractivity contribution in [2.75, 3.05) is 33.0 Å². The maximum atomic E-state index is 16.3. The maximum Gasteiger partial charge on any atom is 0.335 e. The van der Waals surface area contributed by atoms with E-state index in [-0.39, 0.29) is 55.8 Å². The van der Waals surface area contributed by atoms with Crippen molar-refractivity contribution in [3.05, 3.63) is 11.6 Å². The number of esters is 3. The number of carboxylic acid groups (broad SMARTS) is 1. The molecule has 0 aromatic rings. The van der Waals surface area contributed by atoms with Crippen molar-refractivity contribution in [2.45, 2.75) is 407 Å². The number of fused-ring (bicyclic) bond motifs is 7. The highest BCUT2D eigenvalue weighted by molar-refractivity contribution is 5.80. The number of allylic oxidation sites excluding steroid dienone is 2. The minimum absolute atomic E-state index is 0.0341. The fraction of sp³-hybridized carbons (Fsp3) is 0.920. The van der Waals surface area contributed by atoms with Gasteiger partial charge in [-0.05, 0) is 135 Å². The van der Waals surface area contributed by atoms with Gasteiger partial charge in [0.05, 0.1) is 87.9 Å². The number of aliphatic carboxylic acids is 1. The molecule has 0 aromatic heterocycles. The third-order valence-corrected chi connectivity index (χ3v) is 32.0. The topological polar surface area (TPSA) is 638 Å². The van der Waals surface area contributed by atoms with Gasteiger partial charge in [0.1, 0.15) is 133 Å². The van der Waals surface area contributed by atoms with Crippen LogP contribution in [0.4, 0.5) is 0 Å². The molecule has 0 aromatic carbocycles. The summed E-state index contributed by atoms with van der Waals surface area (Å²) in [7, 11) is 0. The van der Waals surface area contributed by atoms with Crippen LogP contribution < -0.4 is 0 Å². The van der Waals surface area contributed by atoms with E-state index in [9.17, 15) is 121 Å². The standard InChI is InChI=1S/C88H142O41/c1-14-36(3)38(5)24-41(92)26-53(97)119-47(37(4)15-2)25-42(93)27-54(98)122-66-40(7)118-78(70(62(66)106)127-76-61(105)58(102)65(39(6)117-76)123-75-64(108)67(46(95)32-115-75)124-80-72(109)87(113,34-91)35-116-80)129-81(112)88-23-22-82(8,9)28-44(88)43-16-17-50-83(10)20-19-52(84(11,33-90)49(83)18-21-85(50,12)86(43,13)29-51(88)96)121-79-71(128-77-60(104)57(101)56(100)48(30-89)120-77)68(63(107)69(126-79)73(110)111)125-74-59(103)55(99)45(94)31-114-74/h16,33,36-42,44-52,55-72,74-80,89,91-96,99-109,113H,14-15,17-32,34-35H2,1-13H3,(H,110,111)/t36-,37-,38-,39?,40?,41-,42-,44?,45+,46?,47-,48?,49?,50?,51+,52-,55-,56-,57-,58?,59?,60?,61-,62?,63+,64?,65-,66+,67-,68-,69?,70+,71?,72?,74-,75-,76-,77-,78-,79+,80-,83-,84-,85+,86+,87+,88+/m0/s1. The van der Waals surface area contributed by atoms with Crippen LogP contribution in [0.3, 0.4) is 0 Å². The largest absolute Gasteiger partial charge is 0.479 e. The maximum absolute atomic E-state index is 16.3. The lowest BCUT2D eigenvalue weighted by molar-refractivity contribution is -0.391. The smallest absolute Gasteiger partial charge is 0.335 e. The first-order chi connectivity index (χ1) is 60.5. The predicted octanol–water partition coefficient (Wildman–Crippen LogP) is -2.87. The van der Waals surface area contributed by atoms with Gasteiger partial charge < -0.3 is 183 Å². The SMILES string of the molecule is CC[C@H](C)[C@H](C[C@H](O)CC(=O)O[C@@H]1C(C)O[C@@H](OC(=O)[C@]23CCC(C)(C)CC2C2=CCC4[C@@]5(C)CC[C@H](O[C@@H]6OC(C(=O)O)[C@H](O)[C@H](O[C@@H]7OC[C@@H](O)[C@H](O)C7O)C6O[C@@H]6OC(CO)[C@H](O)[C@H](O)C6O)[C@@](C)(C=O)C5CC[C@@]4(C)[C@]2(C)C[C@H]3O)[C@H](O[C@@H]2OC(C)[C@H](O[C@@H]3OCC(O)[C@H](O[C@@H]4OC[C@](O)(CO)C4O)C3O)C(O)[C@@H]2O)C1O)OC(=O)C[C@@H](O)C[C@H](C)[C@@H](C)CC. The molecule has 12 rings (SSSR count). The summed E-state index contributed by atoms with van der Waals surface area (Å²) in [4.78, 5) is 71.5. The van der Waals surface area contributed by atoms with Crippen molar-refractivity contribution < 1.29 is 202 Å². The zero-order valence-electron chi connectivity index (χ0n) is 75.5. The van der Waals surface area contributed by atoms with Crippen molar-refractivity contribution in [2.24, 2.45) is 68.0 Å². The Hall–Kier alpha value is -3.99. The Morgan fingerprint density at radius 3 is 1.77 bits per heavy atom. The number of hydrogen-bond donors (Lipinski definition) is 20. The molecule has 7 aliphatic heterocycles. The number of carbonyl (C=O) groups is 5. The lowest BCUT2D eigenvalue weighted by Gasteiger charge is -2.71. The third-order valence-electron chi connectivity index (χ3n) is 32.0. The van der Waals surface area contributed by atoms with Crippen LogP contribution in [0.5, 0.6) is 0 Å². The highest BCUT2D eigenvalue weighted by Gasteiger charge is 2.74. The summed E-state index contributed by atoms with van der Waals surface area (Å²) in [5, 5.41) is 224. The Kier molecular flexibility index (Phi) is 33.0. The van der Waals surface area contributed by atoms with E-state index in [2.05, 4.69) is 33.8 Å². The van der Waals surface area contributed by atoms with Gasteiger partial charge >= 0.3 is 23.9 Å². The first kappa shape index (κ1) is 104. The summed E-state index contributed by atoms with van der Waals surface area (Å²) in [6.07, 6.45) is -57.2. The number of rotatable bonds is 32. The first-order valence-corrected chi connectivity index (χ1v) is 45.7. The van der Waals surface area contributed by atoms with E-state index in [1.54, 1.807) is 13.8 Å². The molecule has 0 amide bonds. The molecule has 7 heterocycles. The molecule has 7 saturated heterocycles. The van der Waals surface area contributed by atoms with E-state index in [1.807, 2.05) is 34.6 Å². The molecule has 0 bridgehead atoms. The summed E-state index contributed by atoms with van der Waals surface area (Å²) in [5.74, 6) is -6.11. The van der Waals surface area contributed by atoms with Gasteiger partial charge in [0, 0.05) is 6.42 Å². The number of aliphatic hydroxyl groups excluding tert-OH is 18. The van der Waals surface area contributed by atoms with E-state index in [0.29, 0.717) is 51.4 Å². The number of hydrogen-bond acceptors (Lipinski definition) is 40. The summed E-state index contributed by atoms with van der Waals surface area (Å²) in [6.45, 7) is 20.9. The van der Waals surface area contributed by atoms with Crippen LogP contribution in [0, 0.1) is 68.0 Å². The van der Waals surface area contributed by atoms with Gasteiger partial charge in [0.25, 0.3) is 0 Å². The van der Waals surface area contributed by atoms with Gasteiger partial charge in [0.15, 0.2) is 56.1 Å². The van der Waals surface area contributed by atoms with Crippen LogP contribution in [-0.2, 0) is 99.8 Å². The fourth-order valence-corrected chi connectivity index (χ4v) is 23.1. The minimum atomic E-state index is -2.25. The second-order valence-corrected chi connectivity index (χ2v) is 40.7. The van der Waals surface area contributed by atoms with Gasteiger partial charge in [-0.2, -0.15) is 0 Å². The van der Waals surface area contributed by atoms with Crippen molar-refractivity contribution in [1.82, 2.24) is 0 Å². The number of aliphatic hydroxyl groups is 19. The van der Waals surface area contributed by atoms with Crippen LogP contribution in [0.2, 0.25) is 0 Å². The molecule has 740 valence electrons. The predicted molar refractivity (Wildman–Crippen MR) is 435 cm³/mol. The van der Waals surface area contributed by atoms with Crippen LogP contribution in [0.1, 0.15) is 186 Å². The molecule has 41 nitrogen and oxygen atoms in total. The molecule has 4 saturated carbocycles. The number of carboxylic acids is 1. The number of carbonyl (C=O) groups excluding carboxylic acids is 4. The lowest BCUT2D eigenvalue weighted by Crippen LogP contribution is -2.69. The second-order valence-electron chi connectivity index (χ2n) is 40.7. The molecule has 0 spiro atoms. The van der Waals surface area contributed by atoms with Crippen molar-refractivity contribution in [1.29, 1.82) is 0 Å². The molecule has 20 N–H and O–H groups in total. The molecule has 41 heteroatoms. The lowest BCUT2D eigenvalue weighted by atomic mass is 9.33. The number of ether oxygens (including phenoxy) is 16. The first-order valence-electron chi connectivity index (χ1n) is 45.7. The van der Waals surface area contributed by atoms with Gasteiger partial charge in [-0.25, -0.2) is 4.79 Å². The molecule has 15 unspecified atom stereocenters. The zero-order valence-corrected chi connectivity index (χ0v) is 75.5. The van der Waals surface area contributed by atoms with Crippen LogP contribution in [0.25, 0.3) is 0 Å². The molecular weight excluding hydrogens is 1710 g/mol. The normalized spacial score (nSPS) is 48.4. The third kappa shape index (κ3) is 20.1. The van der Waals surface area contributed by atoms with Gasteiger partial charge in [-0.1, -0.05) is 101 Å². The summed E-state index contributed by atoms with van der Waals surface area (Å²) in [6, 6.07) is 0. The fourth-order valence-electron chi connectivity index (χ4n) is 23.1. The van der Waals surface area contributed by atoms with E-state index in [0.717, 1.165) is 18.3 Å². The minimum Gasteiger partial charge on any atom is -0.479 e. The van der Waals surface area contributed by atoms with Gasteiger partial charge in [-0.3, -0.25) is 14.4 Å². The summed E-state index contributed by atoms with van der Waals surface area (Å²) < 4.78 is 96.7. The molecule has 129 heavy (non-hydrogen) atoms. The Labute approximate surface area is 748 Å². The molecule has 12 aliphatic rings. The average molecular weight is 1860 g/mol. The Morgan fingerprint density at radius 2 is 1.12 bits per heavy atom. The van der Waals surface area contributed by atoms with E-state index < -0.39 is 328 Å². The summed E-state index contributed by atoms with van der Waals surface area (Å²) >= 11 is 0. The average Bonchev–Trinajstić information content (AvgIpc) is 0.989. The van der Waals surface area contributed by atoms with Crippen molar-refractivity contribution >= 4 is 30.2 Å². The molecule has 5 aliphatic carbocycles. The van der Waals surface area contributed by atoms with Crippen LogP contribution in [0.15, 0.2) is 11.6 Å². The highest BCUT2D eigenvalue weighted by atomic mass is 16.8. The van der Waals surface area contributed by atoms with Crippen molar-refractivity contribution in [3.8, 4) is 0 Å². The van der Waals surface area contributed by atoms with E-state index >= 15 is 4.79 Å². The second kappa shape index (κ2) is 41.0. The van der Waals surface area contributed by atoms with Crippen molar-refractivity contribution in [3.63, 3.8) is 0 Å².